The molecule has 2 aromatic carbocycles. The van der Waals surface area contributed by atoms with E-state index in [1.807, 2.05) is 6.07 Å². The van der Waals surface area contributed by atoms with Crippen molar-refractivity contribution in [2.45, 2.75) is 32.5 Å². The van der Waals surface area contributed by atoms with Crippen LogP contribution in [0.4, 0.5) is 13.6 Å². The fourth-order valence-electron chi connectivity index (χ4n) is 2.45. The van der Waals surface area contributed by atoms with Crippen LogP contribution in [0.25, 0.3) is 0 Å². The Morgan fingerprint density at radius 3 is 2.54 bits per heavy atom. The van der Waals surface area contributed by atoms with E-state index in [9.17, 15) is 18.7 Å². The first-order valence-corrected chi connectivity index (χ1v) is 7.72. The highest BCUT2D eigenvalue weighted by atomic mass is 19.1. The van der Waals surface area contributed by atoms with Gasteiger partial charge in [0.1, 0.15) is 11.6 Å². The molecule has 1 atom stereocenters. The summed E-state index contributed by atoms with van der Waals surface area (Å²) in [5.74, 6) is -1.11. The second-order valence-corrected chi connectivity index (χ2v) is 5.38. The fraction of sp³-hybridized carbons (Fsp3) is 0.278. The number of rotatable bonds is 6. The van der Waals surface area contributed by atoms with E-state index in [0.29, 0.717) is 6.42 Å². The highest BCUT2D eigenvalue weighted by Gasteiger charge is 2.17. The van der Waals surface area contributed by atoms with Gasteiger partial charge in [-0.1, -0.05) is 31.2 Å². The summed E-state index contributed by atoms with van der Waals surface area (Å²) in [6.45, 7) is 1.88. The molecule has 0 fully saturated rings. The fourth-order valence-corrected chi connectivity index (χ4v) is 2.45. The number of amides is 2. The molecule has 0 radical (unpaired) electrons. The zero-order chi connectivity index (χ0) is 17.5. The lowest BCUT2D eigenvalue weighted by Gasteiger charge is -2.19. The Morgan fingerprint density at radius 2 is 1.88 bits per heavy atom. The number of hydrogen-bond acceptors (Lipinski definition) is 2. The monoisotopic (exact) mass is 334 g/mol. The highest BCUT2D eigenvalue weighted by Crippen LogP contribution is 2.21. The van der Waals surface area contributed by atoms with E-state index in [0.717, 1.165) is 29.3 Å². The lowest BCUT2D eigenvalue weighted by atomic mass is 10.0. The summed E-state index contributed by atoms with van der Waals surface area (Å²) in [6.07, 6.45) is 0.418. The largest absolute Gasteiger partial charge is 0.392 e. The van der Waals surface area contributed by atoms with Gasteiger partial charge in [-0.2, -0.15) is 0 Å². The number of aliphatic hydroxyl groups is 1. The zero-order valence-electron chi connectivity index (χ0n) is 13.4. The topological polar surface area (TPSA) is 61.4 Å². The summed E-state index contributed by atoms with van der Waals surface area (Å²) in [5.41, 5.74) is 1.63. The van der Waals surface area contributed by atoms with Crippen molar-refractivity contribution >= 4 is 6.03 Å². The second-order valence-electron chi connectivity index (χ2n) is 5.38. The minimum absolute atomic E-state index is 0.114. The molecule has 0 saturated carbocycles. The molecular formula is C18H20F2N2O2. The Bertz CT molecular complexity index is 707. The van der Waals surface area contributed by atoms with Crippen molar-refractivity contribution in [1.29, 1.82) is 0 Å². The first-order chi connectivity index (χ1) is 11.5. The molecule has 2 aromatic rings. The van der Waals surface area contributed by atoms with Crippen LogP contribution in [-0.2, 0) is 13.2 Å². The standard InChI is InChI=1S/C18H20F2N2O2/c1-2-17(15-9-14(19)7-8-16(15)20)22-18(24)21-10-12-5-3-4-6-13(12)11-23/h3-9,17,23H,2,10-11H2,1H3,(H2,21,22,24). The van der Waals surface area contributed by atoms with Crippen molar-refractivity contribution in [2.24, 2.45) is 0 Å². The quantitative estimate of drug-likeness (QED) is 0.758. The maximum Gasteiger partial charge on any atom is 0.315 e. The van der Waals surface area contributed by atoms with Crippen LogP contribution < -0.4 is 10.6 Å². The lowest BCUT2D eigenvalue weighted by Crippen LogP contribution is -2.37. The van der Waals surface area contributed by atoms with Gasteiger partial charge >= 0.3 is 6.03 Å². The van der Waals surface area contributed by atoms with Crippen molar-refractivity contribution < 1.29 is 18.7 Å². The van der Waals surface area contributed by atoms with Crippen molar-refractivity contribution in [3.8, 4) is 0 Å². The number of aliphatic hydroxyl groups excluding tert-OH is 1. The molecule has 0 aromatic heterocycles. The van der Waals surface area contributed by atoms with Crippen molar-refractivity contribution in [1.82, 2.24) is 10.6 Å². The lowest BCUT2D eigenvalue weighted by molar-refractivity contribution is 0.235. The SMILES string of the molecule is CCC(NC(=O)NCc1ccccc1CO)c1cc(F)ccc1F. The number of halogens is 2. The third-order valence-electron chi connectivity index (χ3n) is 3.78. The number of urea groups is 1. The maximum atomic E-state index is 13.8. The Balaban J connectivity index is 2.01. The summed E-state index contributed by atoms with van der Waals surface area (Å²) in [4.78, 5) is 12.1. The molecule has 6 heteroatoms. The van der Waals surface area contributed by atoms with Gasteiger partial charge in [0, 0.05) is 12.1 Å². The van der Waals surface area contributed by atoms with E-state index in [1.54, 1.807) is 25.1 Å². The summed E-state index contributed by atoms with van der Waals surface area (Å²) in [7, 11) is 0. The number of carbonyl (C=O) groups excluding carboxylic acids is 1. The van der Waals surface area contributed by atoms with E-state index in [-0.39, 0.29) is 18.7 Å². The third kappa shape index (κ3) is 4.52. The van der Waals surface area contributed by atoms with Crippen LogP contribution in [0, 0.1) is 11.6 Å². The summed E-state index contributed by atoms with van der Waals surface area (Å²) in [5, 5.41) is 14.6. The molecule has 24 heavy (non-hydrogen) atoms. The van der Waals surface area contributed by atoms with Crippen LogP contribution in [0.15, 0.2) is 42.5 Å². The molecule has 1 unspecified atom stereocenters. The molecular weight excluding hydrogens is 314 g/mol. The van der Waals surface area contributed by atoms with Gasteiger partial charge in [-0.3, -0.25) is 0 Å². The summed E-state index contributed by atoms with van der Waals surface area (Å²) < 4.78 is 27.2. The maximum absolute atomic E-state index is 13.8. The van der Waals surface area contributed by atoms with Crippen LogP contribution >= 0.6 is 0 Å². The molecule has 3 N–H and O–H groups in total. The minimum Gasteiger partial charge on any atom is -0.392 e. The third-order valence-corrected chi connectivity index (χ3v) is 3.78. The number of carbonyl (C=O) groups is 1. The van der Waals surface area contributed by atoms with E-state index >= 15 is 0 Å². The van der Waals surface area contributed by atoms with Gasteiger partial charge in [0.05, 0.1) is 12.6 Å². The second kappa shape index (κ2) is 8.40. The van der Waals surface area contributed by atoms with Gasteiger partial charge in [0.25, 0.3) is 0 Å². The molecule has 2 amide bonds. The van der Waals surface area contributed by atoms with Crippen molar-refractivity contribution in [2.75, 3.05) is 0 Å². The first kappa shape index (κ1) is 17.9. The predicted molar refractivity (Wildman–Crippen MR) is 87.1 cm³/mol. The van der Waals surface area contributed by atoms with Crippen LogP contribution in [0.2, 0.25) is 0 Å². The number of benzene rings is 2. The molecule has 0 heterocycles. The van der Waals surface area contributed by atoms with Gasteiger partial charge in [-0.05, 0) is 35.7 Å². The van der Waals surface area contributed by atoms with Crippen LogP contribution in [0.3, 0.4) is 0 Å². The summed E-state index contributed by atoms with van der Waals surface area (Å²) >= 11 is 0. The highest BCUT2D eigenvalue weighted by molar-refractivity contribution is 5.74. The smallest absolute Gasteiger partial charge is 0.315 e. The Morgan fingerprint density at radius 1 is 1.17 bits per heavy atom. The van der Waals surface area contributed by atoms with Gasteiger partial charge in [-0.25, -0.2) is 13.6 Å². The predicted octanol–water partition coefficient (Wildman–Crippen LogP) is 3.41. The zero-order valence-corrected chi connectivity index (χ0v) is 13.4. The van der Waals surface area contributed by atoms with Crippen LogP contribution in [0.5, 0.6) is 0 Å². The molecule has 0 saturated heterocycles. The Kier molecular flexibility index (Phi) is 6.26. The van der Waals surface area contributed by atoms with Gasteiger partial charge < -0.3 is 15.7 Å². The average molecular weight is 334 g/mol. The number of nitrogens with one attached hydrogen (secondary N) is 2. The van der Waals surface area contributed by atoms with Gasteiger partial charge in [0.2, 0.25) is 0 Å². The van der Waals surface area contributed by atoms with Crippen molar-refractivity contribution in [3.63, 3.8) is 0 Å². The summed E-state index contributed by atoms with van der Waals surface area (Å²) in [6, 6.07) is 9.24. The minimum atomic E-state index is -0.631. The molecule has 0 spiro atoms. The Hall–Kier alpha value is -2.47. The molecule has 2 rings (SSSR count). The molecule has 0 aliphatic carbocycles. The molecule has 128 valence electrons. The first-order valence-electron chi connectivity index (χ1n) is 7.72. The molecule has 0 aliphatic rings. The van der Waals surface area contributed by atoms with E-state index in [4.69, 9.17) is 0 Å². The van der Waals surface area contributed by atoms with Gasteiger partial charge in [0.15, 0.2) is 0 Å². The van der Waals surface area contributed by atoms with Crippen LogP contribution in [0.1, 0.15) is 36.1 Å². The normalized spacial score (nSPS) is 11.8. The molecule has 0 aliphatic heterocycles. The number of hydrogen-bond donors (Lipinski definition) is 3. The molecule has 4 nitrogen and oxygen atoms in total. The van der Waals surface area contributed by atoms with E-state index in [2.05, 4.69) is 10.6 Å². The van der Waals surface area contributed by atoms with Crippen LogP contribution in [-0.4, -0.2) is 11.1 Å². The van der Waals surface area contributed by atoms with Crippen molar-refractivity contribution in [3.05, 3.63) is 70.8 Å². The Labute approximate surface area is 139 Å². The molecule has 0 bridgehead atoms. The average Bonchev–Trinajstić information content (AvgIpc) is 2.60. The van der Waals surface area contributed by atoms with Gasteiger partial charge in [-0.15, -0.1) is 0 Å². The van der Waals surface area contributed by atoms with E-state index < -0.39 is 23.7 Å². The van der Waals surface area contributed by atoms with E-state index in [1.165, 1.54) is 0 Å².